The van der Waals surface area contributed by atoms with Gasteiger partial charge in [0.25, 0.3) is 29.5 Å². The Labute approximate surface area is 531 Å². The number of ether oxygens (including phenoxy) is 1. The number of rotatable bonds is 22. The molecule has 4 saturated heterocycles. The second-order valence-corrected chi connectivity index (χ2v) is 22.0. The number of benzene rings is 1. The Balaban J connectivity index is 0.000000415. The highest BCUT2D eigenvalue weighted by molar-refractivity contribution is 7.88. The first-order valence-corrected chi connectivity index (χ1v) is 30.6. The number of hydrogen-bond donors (Lipinski definition) is 4. The predicted molar refractivity (Wildman–Crippen MR) is 338 cm³/mol. The fourth-order valence-electron chi connectivity index (χ4n) is 9.28. The van der Waals surface area contributed by atoms with Gasteiger partial charge in [-0.15, -0.1) is 0 Å². The summed E-state index contributed by atoms with van der Waals surface area (Å²) in [5, 5.41) is 38.4. The van der Waals surface area contributed by atoms with E-state index in [2.05, 4.69) is 86.0 Å². The summed E-state index contributed by atoms with van der Waals surface area (Å²) >= 11 is 0. The van der Waals surface area contributed by atoms with Gasteiger partial charge in [0.15, 0.2) is 22.8 Å². The second kappa shape index (κ2) is 42.1. The van der Waals surface area contributed by atoms with Crippen LogP contribution in [0.15, 0.2) is 71.6 Å². The van der Waals surface area contributed by atoms with E-state index in [9.17, 15) is 42.0 Å². The van der Waals surface area contributed by atoms with E-state index in [1.807, 2.05) is 18.2 Å². The number of likely N-dealkylation sites (tertiary alicyclic amines) is 4. The zero-order chi connectivity index (χ0) is 68.1. The lowest BCUT2D eigenvalue weighted by molar-refractivity contribution is -0.126. The van der Waals surface area contributed by atoms with E-state index in [0.29, 0.717) is 132 Å². The molecule has 5 rings (SSSR count). The number of carbonyl (C=O) groups excluding carboxylic acids is 7. The largest absolute Gasteiger partial charge is 0.453 e. The van der Waals surface area contributed by atoms with Crippen molar-refractivity contribution in [3.8, 4) is 0 Å². The Morgan fingerprint density at radius 3 is 0.912 bits per heavy atom. The maximum absolute atomic E-state index is 12.6. The third-order valence-electron chi connectivity index (χ3n) is 13.6. The fourth-order valence-corrected chi connectivity index (χ4v) is 10.1. The molecule has 0 radical (unpaired) electrons. The minimum atomic E-state index is -3.24. The van der Waals surface area contributed by atoms with Crippen molar-refractivity contribution in [2.24, 2.45) is 41.2 Å². The van der Waals surface area contributed by atoms with Gasteiger partial charge in [-0.2, -0.15) is 0 Å². The molecule has 0 unspecified atom stereocenters. The lowest BCUT2D eigenvalue weighted by Crippen LogP contribution is -2.49. The average Bonchev–Trinajstić information content (AvgIpc) is 1.55. The van der Waals surface area contributed by atoms with Gasteiger partial charge in [-0.25, -0.2) is 17.9 Å². The molecule has 1 aromatic carbocycles. The maximum Gasteiger partial charge on any atom is 0.407 e. The summed E-state index contributed by atoms with van der Waals surface area (Å²) in [5.41, 5.74) is 2.38. The van der Waals surface area contributed by atoms with Gasteiger partial charge in [0.05, 0.1) is 13.4 Å². The van der Waals surface area contributed by atoms with Gasteiger partial charge in [0.2, 0.25) is 15.9 Å². The van der Waals surface area contributed by atoms with Crippen LogP contribution in [-0.4, -0.2) is 262 Å². The van der Waals surface area contributed by atoms with Crippen LogP contribution in [0.4, 0.5) is 4.79 Å². The van der Waals surface area contributed by atoms with Gasteiger partial charge in [-0.1, -0.05) is 59.4 Å². The van der Waals surface area contributed by atoms with Crippen molar-refractivity contribution in [1.82, 2.24) is 40.3 Å². The number of carbonyl (C=O) groups is 7. The molecule has 4 aliphatic heterocycles. The summed E-state index contributed by atoms with van der Waals surface area (Å²) in [4.78, 5) is 128. The van der Waals surface area contributed by atoms with Crippen molar-refractivity contribution in [3.05, 3.63) is 35.9 Å². The van der Waals surface area contributed by atoms with Crippen LogP contribution in [0.2, 0.25) is 0 Å². The fraction of sp³-hybridized carbons (Fsp3) is 0.625. The number of methoxy groups -OCH3 is 1. The van der Waals surface area contributed by atoms with Crippen LogP contribution in [-0.2, 0) is 77.4 Å². The molecule has 4 aliphatic rings. The summed E-state index contributed by atoms with van der Waals surface area (Å²) in [6.07, 6.45) is 5.80. The zero-order valence-corrected chi connectivity index (χ0v) is 55.4. The zero-order valence-electron chi connectivity index (χ0n) is 54.6. The standard InChI is InChI=1S/C18H24N4O4.C13H22N4O5.C13H22N4O4.C12H22N4O5S/c1-13(20-25-2)16(21-26-3)18(24)22-11-9-15(10-12-22)19-17(23)14-7-5-4-6-8-14;1-9(15-21-3)11(16-22-4)12(18)17-7-5-10(6-8-17)14-13(19)20-2;1-9(15-20-3)12(16-21-4)13(19)17-7-5-11(6-8-17)14-10(2)18;1-9(13-20-2)11(14-21-3)12(17)16-7-5-10(6-8-16)15-22(4,18)19/h4-8,15H,9-12H2,1-3H3,(H,19,23);10H,5-8H2,1-4H3,(H,14,19);11H,5-8H2,1-4H3,(H,14,18);10,15H,5-8H2,1-4H3. The molecule has 0 spiro atoms. The summed E-state index contributed by atoms with van der Waals surface area (Å²) in [6.45, 7) is 11.9. The van der Waals surface area contributed by atoms with Gasteiger partial charge >= 0.3 is 6.09 Å². The average molecular weight is 1310 g/mol. The van der Waals surface area contributed by atoms with E-state index in [1.54, 1.807) is 59.4 Å². The first-order valence-electron chi connectivity index (χ1n) is 28.8. The van der Waals surface area contributed by atoms with Crippen LogP contribution in [0.5, 0.6) is 0 Å². The quantitative estimate of drug-likeness (QED) is 0.0943. The minimum Gasteiger partial charge on any atom is -0.453 e. The number of oxime groups is 8. The second-order valence-electron chi connectivity index (χ2n) is 20.3. The van der Waals surface area contributed by atoms with Gasteiger partial charge in [0.1, 0.15) is 79.7 Å². The smallest absolute Gasteiger partial charge is 0.407 e. The molecule has 91 heavy (non-hydrogen) atoms. The molecule has 1 aromatic rings. The van der Waals surface area contributed by atoms with E-state index in [0.717, 1.165) is 6.26 Å². The minimum absolute atomic E-state index is 0.00643. The number of amides is 7. The van der Waals surface area contributed by atoms with E-state index in [4.69, 9.17) is 19.4 Å². The summed E-state index contributed by atoms with van der Waals surface area (Å²) in [7, 11) is 9.10. The van der Waals surface area contributed by atoms with Crippen LogP contribution in [0.1, 0.15) is 96.3 Å². The van der Waals surface area contributed by atoms with Gasteiger partial charge in [-0.3, -0.25) is 28.8 Å². The highest BCUT2D eigenvalue weighted by Gasteiger charge is 2.33. The summed E-state index contributed by atoms with van der Waals surface area (Å²) in [6, 6.07) is 9.07. The van der Waals surface area contributed by atoms with Crippen LogP contribution in [0, 0.1) is 0 Å². The van der Waals surface area contributed by atoms with Crippen LogP contribution < -0.4 is 20.7 Å². The van der Waals surface area contributed by atoms with Crippen molar-refractivity contribution in [2.45, 2.75) is 110 Å². The van der Waals surface area contributed by atoms with Crippen LogP contribution in [0.25, 0.3) is 0 Å². The third kappa shape index (κ3) is 28.1. The monoisotopic (exact) mass is 1310 g/mol. The molecular weight excluding hydrogens is 1220 g/mol. The molecule has 508 valence electrons. The number of piperidine rings is 4. The maximum atomic E-state index is 12.6. The molecule has 4 fully saturated rings. The molecule has 35 heteroatoms. The molecule has 34 nitrogen and oxygen atoms in total. The topological polar surface area (TPSA) is 397 Å². The van der Waals surface area contributed by atoms with Gasteiger partial charge < -0.3 is 79.0 Å². The Hall–Kier alpha value is -9.02. The Kier molecular flexibility index (Phi) is 36.1. The Bertz CT molecular complexity index is 2890. The van der Waals surface area contributed by atoms with Crippen molar-refractivity contribution in [2.75, 3.05) is 123 Å². The first-order chi connectivity index (χ1) is 43.4. The van der Waals surface area contributed by atoms with Crippen molar-refractivity contribution < 1.29 is 85.4 Å². The van der Waals surface area contributed by atoms with E-state index < -0.39 is 16.1 Å². The van der Waals surface area contributed by atoms with E-state index in [1.165, 1.54) is 70.9 Å². The van der Waals surface area contributed by atoms with Gasteiger partial charge in [-0.05, 0) is 91.2 Å². The Morgan fingerprint density at radius 2 is 0.659 bits per heavy atom. The highest BCUT2D eigenvalue weighted by Crippen LogP contribution is 2.16. The van der Waals surface area contributed by atoms with Crippen molar-refractivity contribution in [3.63, 3.8) is 0 Å². The van der Waals surface area contributed by atoms with E-state index >= 15 is 0 Å². The number of nitrogens with zero attached hydrogens (tertiary/aromatic N) is 12. The molecule has 7 amide bonds. The lowest BCUT2D eigenvalue weighted by Gasteiger charge is -2.32. The highest BCUT2D eigenvalue weighted by atomic mass is 32.2. The van der Waals surface area contributed by atoms with Crippen LogP contribution >= 0.6 is 0 Å². The van der Waals surface area contributed by atoms with Crippen molar-refractivity contribution >= 4 is 97.3 Å². The van der Waals surface area contributed by atoms with Crippen LogP contribution in [0.3, 0.4) is 0 Å². The lowest BCUT2D eigenvalue weighted by atomic mass is 10.0. The van der Waals surface area contributed by atoms with E-state index in [-0.39, 0.29) is 82.5 Å². The number of nitrogens with one attached hydrogen (secondary N) is 4. The first kappa shape index (κ1) is 78.1. The normalized spacial score (nSPS) is 17.2. The molecule has 4 heterocycles. The molecule has 0 aliphatic carbocycles. The van der Waals surface area contributed by atoms with Gasteiger partial charge in [0, 0.05) is 89.0 Å². The number of hydrogen-bond acceptors (Lipinski definition) is 26. The number of alkyl carbamates (subject to hydrolysis) is 1. The molecule has 0 aromatic heterocycles. The Morgan fingerprint density at radius 1 is 0.396 bits per heavy atom. The van der Waals surface area contributed by atoms with Crippen molar-refractivity contribution in [1.29, 1.82) is 0 Å². The molecule has 4 N–H and O–H groups in total. The SMILES string of the molecule is CON=C(C)C(=NOC)C(=O)N1CCC(NC(=O)OC)CC1.CON=C(C)C(=NOC)C(=O)N1CCC(NC(=O)c2ccccc2)CC1.CON=C(C)C(=NOC)C(=O)N1CCC(NC(C)=O)CC1.CON=C(C)C(=NOC)C(=O)N1CCC(NS(C)(=O)=O)CC1. The molecule has 0 saturated carbocycles. The summed E-state index contributed by atoms with van der Waals surface area (Å²) in [5.74, 6) is -1.27. The predicted octanol–water partition coefficient (Wildman–Crippen LogP) is 1.48. The molecular formula is C56H90N16O18S. The molecule has 0 bridgehead atoms. The summed E-state index contributed by atoms with van der Waals surface area (Å²) < 4.78 is 29.5. The third-order valence-corrected chi connectivity index (χ3v) is 14.4. The number of sulfonamides is 1. The molecule has 0 atom stereocenters.